The summed E-state index contributed by atoms with van der Waals surface area (Å²) in [6, 6.07) is 7.77. The number of aromatic nitrogens is 5. The fourth-order valence-corrected chi connectivity index (χ4v) is 4.13. The molecule has 3 atom stereocenters. The average Bonchev–Trinajstić information content (AvgIpc) is 3.18. The van der Waals surface area contributed by atoms with Gasteiger partial charge in [0.15, 0.2) is 0 Å². The van der Waals surface area contributed by atoms with Gasteiger partial charge in [0.25, 0.3) is 0 Å². The Bertz CT molecular complexity index is 1020. The number of carbonyl (C=O) groups is 1. The average molecular weight is 381 g/mol. The lowest BCUT2D eigenvalue weighted by Crippen LogP contribution is -2.32. The van der Waals surface area contributed by atoms with Gasteiger partial charge in [-0.3, -0.25) is 14.8 Å². The Labute approximate surface area is 160 Å². The van der Waals surface area contributed by atoms with Gasteiger partial charge in [0, 0.05) is 29.8 Å². The molecule has 8 heteroatoms. The van der Waals surface area contributed by atoms with Gasteiger partial charge in [0.05, 0.1) is 17.6 Å². The third-order valence-corrected chi connectivity index (χ3v) is 5.68. The molecule has 4 heterocycles. The Morgan fingerprint density at radius 3 is 3.00 bits per heavy atom. The Morgan fingerprint density at radius 1 is 1.33 bits per heavy atom. The Kier molecular flexibility index (Phi) is 3.72. The number of pyridine rings is 1. The van der Waals surface area contributed by atoms with E-state index in [9.17, 15) is 4.79 Å². The predicted octanol–water partition coefficient (Wildman–Crippen LogP) is 2.82. The van der Waals surface area contributed by atoms with Crippen LogP contribution in [0.2, 0.25) is 5.15 Å². The number of H-pyrrole nitrogens is 1. The second-order valence-corrected chi connectivity index (χ2v) is 7.53. The summed E-state index contributed by atoms with van der Waals surface area (Å²) in [5.41, 5.74) is 3.53. The van der Waals surface area contributed by atoms with Crippen LogP contribution in [0.4, 0.5) is 5.82 Å². The maximum Gasteiger partial charge on any atom is 0.232 e. The van der Waals surface area contributed by atoms with Gasteiger partial charge in [0.1, 0.15) is 11.0 Å². The Morgan fingerprint density at radius 2 is 2.22 bits per heavy atom. The van der Waals surface area contributed by atoms with Crippen LogP contribution in [0, 0.1) is 18.8 Å². The molecular weight excluding hydrogens is 364 g/mol. The lowest BCUT2D eigenvalue weighted by Gasteiger charge is -2.18. The van der Waals surface area contributed by atoms with Crippen molar-refractivity contribution in [2.45, 2.75) is 25.8 Å². The molecule has 5 rings (SSSR count). The maximum atomic E-state index is 13.0. The molecule has 1 saturated carbocycles. The van der Waals surface area contributed by atoms with Crippen LogP contribution in [0.1, 0.15) is 17.7 Å². The second kappa shape index (κ2) is 6.13. The van der Waals surface area contributed by atoms with E-state index in [0.717, 1.165) is 34.8 Å². The van der Waals surface area contributed by atoms with Crippen molar-refractivity contribution in [3.8, 4) is 11.3 Å². The number of amides is 1. The van der Waals surface area contributed by atoms with E-state index in [2.05, 4.69) is 25.4 Å². The Balaban J connectivity index is 1.39. The first-order valence-corrected chi connectivity index (χ1v) is 9.27. The smallest absolute Gasteiger partial charge is 0.232 e. The molecule has 0 radical (unpaired) electrons. The number of piperidine rings is 1. The summed E-state index contributed by atoms with van der Waals surface area (Å²) in [5, 5.41) is 15.8. The topological polar surface area (TPSA) is 87.7 Å². The van der Waals surface area contributed by atoms with Crippen LogP contribution < -0.4 is 4.90 Å². The number of anilines is 1. The first-order chi connectivity index (χ1) is 13.1. The van der Waals surface area contributed by atoms with Crippen LogP contribution in [-0.2, 0) is 11.2 Å². The molecule has 2 fully saturated rings. The van der Waals surface area contributed by atoms with E-state index in [0.29, 0.717) is 17.5 Å². The van der Waals surface area contributed by atoms with E-state index in [1.54, 1.807) is 18.5 Å². The minimum absolute atomic E-state index is 0.0194. The number of nitrogens with zero attached hydrogens (tertiary/aromatic N) is 5. The highest BCUT2D eigenvalue weighted by Crippen LogP contribution is 2.51. The van der Waals surface area contributed by atoms with Crippen molar-refractivity contribution in [2.75, 3.05) is 4.90 Å². The molecule has 3 aromatic heterocycles. The molecule has 0 aromatic carbocycles. The van der Waals surface area contributed by atoms with Crippen molar-refractivity contribution in [1.82, 2.24) is 25.4 Å². The van der Waals surface area contributed by atoms with Crippen molar-refractivity contribution in [1.29, 1.82) is 0 Å². The molecular formula is C19H17ClN6O. The third-order valence-electron chi connectivity index (χ3n) is 5.46. The molecule has 1 N–H and O–H groups in total. The highest BCUT2D eigenvalue weighted by atomic mass is 35.5. The van der Waals surface area contributed by atoms with E-state index in [1.807, 2.05) is 30.0 Å². The summed E-state index contributed by atoms with van der Waals surface area (Å²) in [5.74, 6) is 1.26. The lowest BCUT2D eigenvalue weighted by molar-refractivity contribution is -0.121. The van der Waals surface area contributed by atoms with Gasteiger partial charge in [-0.15, -0.1) is 0 Å². The molecule has 0 spiro atoms. The van der Waals surface area contributed by atoms with Crippen molar-refractivity contribution < 1.29 is 4.79 Å². The first-order valence-electron chi connectivity index (χ1n) is 8.89. The Hall–Kier alpha value is -2.80. The summed E-state index contributed by atoms with van der Waals surface area (Å²) in [6.07, 6.45) is 5.12. The van der Waals surface area contributed by atoms with E-state index in [-0.39, 0.29) is 17.9 Å². The van der Waals surface area contributed by atoms with Crippen LogP contribution in [0.15, 0.2) is 36.7 Å². The number of hydrogen-bond donors (Lipinski definition) is 1. The minimum Gasteiger partial charge on any atom is -0.293 e. The molecule has 2 aliphatic rings. The van der Waals surface area contributed by atoms with Crippen LogP contribution in [-0.4, -0.2) is 37.3 Å². The molecule has 136 valence electrons. The molecule has 0 bridgehead atoms. The minimum atomic E-state index is -0.0194. The number of rotatable bonds is 4. The number of carbonyl (C=O) groups excluding carboxylic acids is 1. The van der Waals surface area contributed by atoms with Crippen molar-refractivity contribution in [3.63, 3.8) is 0 Å². The molecule has 1 saturated heterocycles. The van der Waals surface area contributed by atoms with Gasteiger partial charge in [-0.05, 0) is 43.4 Å². The van der Waals surface area contributed by atoms with E-state index < -0.39 is 0 Å². The number of aromatic amines is 1. The zero-order valence-corrected chi connectivity index (χ0v) is 15.4. The third kappa shape index (κ3) is 2.78. The van der Waals surface area contributed by atoms with Crippen molar-refractivity contribution in [3.05, 3.63) is 53.1 Å². The number of nitrogens with one attached hydrogen (secondary N) is 1. The summed E-state index contributed by atoms with van der Waals surface area (Å²) in [4.78, 5) is 19.0. The van der Waals surface area contributed by atoms with E-state index in [4.69, 9.17) is 11.6 Å². The molecule has 1 aliphatic carbocycles. The van der Waals surface area contributed by atoms with Gasteiger partial charge < -0.3 is 0 Å². The van der Waals surface area contributed by atoms with Crippen LogP contribution in [0.3, 0.4) is 0 Å². The van der Waals surface area contributed by atoms with Gasteiger partial charge in [-0.25, -0.2) is 4.98 Å². The molecule has 1 amide bonds. The fraction of sp³-hybridized carbons (Fsp3) is 0.316. The lowest BCUT2D eigenvalue weighted by atomic mass is 9.96. The van der Waals surface area contributed by atoms with Crippen LogP contribution >= 0.6 is 11.6 Å². The SMILES string of the molecule is Cc1nnccc1-c1cc(N2C(=O)[C@H](Cc3ccc(Cl)nc3)[C@@H]3C[C@@H]32)[nH]n1. The highest BCUT2D eigenvalue weighted by molar-refractivity contribution is 6.29. The number of halogens is 1. The summed E-state index contributed by atoms with van der Waals surface area (Å²) in [7, 11) is 0. The largest absolute Gasteiger partial charge is 0.293 e. The van der Waals surface area contributed by atoms with E-state index >= 15 is 0 Å². The summed E-state index contributed by atoms with van der Waals surface area (Å²) < 4.78 is 0. The second-order valence-electron chi connectivity index (χ2n) is 7.14. The number of fused-ring (bicyclic) bond motifs is 1. The zero-order valence-electron chi connectivity index (χ0n) is 14.6. The normalized spacial score (nSPS) is 23.6. The van der Waals surface area contributed by atoms with Crippen molar-refractivity contribution in [2.24, 2.45) is 11.8 Å². The van der Waals surface area contributed by atoms with Gasteiger partial charge in [0.2, 0.25) is 5.91 Å². The summed E-state index contributed by atoms with van der Waals surface area (Å²) >= 11 is 5.86. The zero-order chi connectivity index (χ0) is 18.5. The molecule has 27 heavy (non-hydrogen) atoms. The van der Waals surface area contributed by atoms with Crippen LogP contribution in [0.25, 0.3) is 11.3 Å². The quantitative estimate of drug-likeness (QED) is 0.703. The fourth-order valence-electron chi connectivity index (χ4n) is 4.02. The maximum absolute atomic E-state index is 13.0. The molecule has 7 nitrogen and oxygen atoms in total. The molecule has 0 unspecified atom stereocenters. The molecule has 1 aliphatic heterocycles. The number of aryl methyl sites for hydroxylation is 1. The van der Waals surface area contributed by atoms with Gasteiger partial charge in [-0.1, -0.05) is 17.7 Å². The summed E-state index contributed by atoms with van der Waals surface area (Å²) in [6.45, 7) is 1.89. The van der Waals surface area contributed by atoms with Gasteiger partial charge in [-0.2, -0.15) is 15.3 Å². The molecule has 3 aromatic rings. The monoisotopic (exact) mass is 380 g/mol. The van der Waals surface area contributed by atoms with Crippen molar-refractivity contribution >= 4 is 23.3 Å². The van der Waals surface area contributed by atoms with Gasteiger partial charge >= 0.3 is 0 Å². The highest BCUT2D eigenvalue weighted by Gasteiger charge is 2.59. The standard InChI is InChI=1S/C19H17ClN6O/c1-10-12(4-5-22-23-10)15-8-18(25-24-15)26-16-7-13(16)14(19(26)27)6-11-2-3-17(20)21-9-11/h2-5,8-9,13-14,16H,6-7H2,1H3,(H,24,25)/t13-,14+,16-/m0/s1. The number of hydrogen-bond acceptors (Lipinski definition) is 5. The predicted molar refractivity (Wildman–Crippen MR) is 100 cm³/mol. The van der Waals surface area contributed by atoms with Crippen LogP contribution in [0.5, 0.6) is 0 Å². The van der Waals surface area contributed by atoms with E-state index in [1.165, 1.54) is 0 Å². The first kappa shape index (κ1) is 16.4.